The number of hydrogen-bond donors (Lipinski definition) is 1. The average molecular weight is 274 g/mol. The number of ether oxygens (including phenoxy) is 1. The molecule has 3 nitrogen and oxygen atoms in total. The lowest BCUT2D eigenvalue weighted by molar-refractivity contribution is 0.414. The molecule has 0 spiro atoms. The molecule has 1 aromatic heterocycles. The Kier molecular flexibility index (Phi) is 4.69. The molecule has 1 aromatic carbocycles. The van der Waals surface area contributed by atoms with Gasteiger partial charge in [-0.05, 0) is 48.9 Å². The number of aromatic nitrogens is 1. The Morgan fingerprint density at radius 3 is 2.75 bits per heavy atom. The minimum absolute atomic E-state index is 0.257. The van der Waals surface area contributed by atoms with Crippen molar-refractivity contribution in [1.29, 1.82) is 0 Å². The number of rotatable bonds is 5. The molecule has 106 valence electrons. The van der Waals surface area contributed by atoms with Crippen LogP contribution in [-0.2, 0) is 0 Å². The van der Waals surface area contributed by atoms with Crippen LogP contribution in [0, 0.1) is 12.7 Å². The maximum atomic E-state index is 14.0. The number of halogens is 1. The van der Waals surface area contributed by atoms with E-state index < -0.39 is 0 Å². The Labute approximate surface area is 118 Å². The van der Waals surface area contributed by atoms with E-state index in [9.17, 15) is 4.39 Å². The van der Waals surface area contributed by atoms with E-state index in [-0.39, 0.29) is 11.9 Å². The Hall–Kier alpha value is -1.94. The van der Waals surface area contributed by atoms with Crippen molar-refractivity contribution in [1.82, 2.24) is 10.3 Å². The van der Waals surface area contributed by atoms with Crippen molar-refractivity contribution in [3.8, 4) is 5.75 Å². The number of nitrogens with one attached hydrogen (secondary N) is 1. The van der Waals surface area contributed by atoms with Gasteiger partial charge < -0.3 is 10.1 Å². The van der Waals surface area contributed by atoms with Crippen molar-refractivity contribution in [2.24, 2.45) is 0 Å². The summed E-state index contributed by atoms with van der Waals surface area (Å²) in [6.07, 6.45) is 1.61. The first-order chi connectivity index (χ1) is 9.67. The van der Waals surface area contributed by atoms with Gasteiger partial charge in [-0.25, -0.2) is 4.39 Å². The number of hydrogen-bond acceptors (Lipinski definition) is 3. The largest absolute Gasteiger partial charge is 0.497 e. The topological polar surface area (TPSA) is 34.1 Å². The number of methoxy groups -OCH3 is 1. The van der Waals surface area contributed by atoms with Crippen molar-refractivity contribution < 1.29 is 9.13 Å². The molecule has 0 saturated carbocycles. The SMILES string of the molecule is CCNC(c1ccc(OC)cc1C)c1ncccc1F. The van der Waals surface area contributed by atoms with Crippen LogP contribution < -0.4 is 10.1 Å². The molecule has 0 radical (unpaired) electrons. The second-order valence-electron chi connectivity index (χ2n) is 4.58. The molecule has 1 unspecified atom stereocenters. The molecule has 0 aliphatic heterocycles. The maximum absolute atomic E-state index is 14.0. The molecule has 1 atom stereocenters. The van der Waals surface area contributed by atoms with Crippen molar-refractivity contribution >= 4 is 0 Å². The van der Waals surface area contributed by atoms with Crippen LogP contribution in [0.2, 0.25) is 0 Å². The molecule has 20 heavy (non-hydrogen) atoms. The predicted octanol–water partition coefficient (Wildman–Crippen LogP) is 3.24. The standard InChI is InChI=1S/C16H19FN2O/c1-4-18-15(16-14(17)6-5-9-19-16)13-8-7-12(20-3)10-11(13)2/h5-10,15,18H,4H2,1-3H3. The highest BCUT2D eigenvalue weighted by atomic mass is 19.1. The zero-order chi connectivity index (χ0) is 14.5. The van der Waals surface area contributed by atoms with Gasteiger partial charge in [-0.2, -0.15) is 0 Å². The molecular formula is C16H19FN2O. The second kappa shape index (κ2) is 6.48. The van der Waals surface area contributed by atoms with Gasteiger partial charge in [-0.15, -0.1) is 0 Å². The van der Waals surface area contributed by atoms with Crippen LogP contribution in [0.5, 0.6) is 5.75 Å². The number of pyridine rings is 1. The number of benzene rings is 1. The van der Waals surface area contributed by atoms with Gasteiger partial charge in [0.15, 0.2) is 0 Å². The summed E-state index contributed by atoms with van der Waals surface area (Å²) in [5.74, 6) is 0.497. The van der Waals surface area contributed by atoms with Gasteiger partial charge in [0.05, 0.1) is 18.8 Å². The first kappa shape index (κ1) is 14.5. The highest BCUT2D eigenvalue weighted by molar-refractivity contribution is 5.40. The molecule has 2 aromatic rings. The normalized spacial score (nSPS) is 12.2. The van der Waals surface area contributed by atoms with E-state index >= 15 is 0 Å². The molecule has 0 saturated heterocycles. The lowest BCUT2D eigenvalue weighted by Gasteiger charge is -2.20. The quantitative estimate of drug-likeness (QED) is 0.909. The second-order valence-corrected chi connectivity index (χ2v) is 4.58. The van der Waals surface area contributed by atoms with E-state index in [1.165, 1.54) is 6.07 Å². The summed E-state index contributed by atoms with van der Waals surface area (Å²) >= 11 is 0. The van der Waals surface area contributed by atoms with Crippen molar-refractivity contribution in [2.45, 2.75) is 19.9 Å². The van der Waals surface area contributed by atoms with Crippen LogP contribution in [0.4, 0.5) is 4.39 Å². The molecule has 1 heterocycles. The van der Waals surface area contributed by atoms with Gasteiger partial charge in [0.25, 0.3) is 0 Å². The first-order valence-electron chi connectivity index (χ1n) is 6.65. The van der Waals surface area contributed by atoms with Crippen LogP contribution in [0.1, 0.15) is 29.8 Å². The fraction of sp³-hybridized carbons (Fsp3) is 0.312. The molecule has 0 fully saturated rings. The van der Waals surface area contributed by atoms with E-state index in [2.05, 4.69) is 10.3 Å². The Morgan fingerprint density at radius 2 is 2.15 bits per heavy atom. The lowest BCUT2D eigenvalue weighted by Crippen LogP contribution is -2.24. The fourth-order valence-electron chi connectivity index (χ4n) is 2.27. The third-order valence-corrected chi connectivity index (χ3v) is 3.26. The summed E-state index contributed by atoms with van der Waals surface area (Å²) in [6, 6.07) is 8.56. The first-order valence-corrected chi connectivity index (χ1v) is 6.65. The van der Waals surface area contributed by atoms with Crippen LogP contribution in [0.15, 0.2) is 36.5 Å². The molecule has 4 heteroatoms. The van der Waals surface area contributed by atoms with Crippen LogP contribution >= 0.6 is 0 Å². The van der Waals surface area contributed by atoms with Crippen LogP contribution in [0.3, 0.4) is 0 Å². The summed E-state index contributed by atoms with van der Waals surface area (Å²) in [4.78, 5) is 4.19. The Balaban J connectivity index is 2.46. The monoisotopic (exact) mass is 274 g/mol. The zero-order valence-electron chi connectivity index (χ0n) is 12.0. The lowest BCUT2D eigenvalue weighted by atomic mass is 9.97. The summed E-state index contributed by atoms with van der Waals surface area (Å²) in [7, 11) is 1.63. The third-order valence-electron chi connectivity index (χ3n) is 3.26. The number of nitrogens with zero attached hydrogens (tertiary/aromatic N) is 1. The maximum Gasteiger partial charge on any atom is 0.146 e. The van der Waals surface area contributed by atoms with Gasteiger partial charge in [0, 0.05) is 6.20 Å². The van der Waals surface area contributed by atoms with Crippen molar-refractivity contribution in [3.05, 3.63) is 59.2 Å². The minimum atomic E-state index is -0.298. The van der Waals surface area contributed by atoms with Crippen molar-refractivity contribution in [2.75, 3.05) is 13.7 Å². The molecule has 1 N–H and O–H groups in total. The molecule has 2 rings (SSSR count). The van der Waals surface area contributed by atoms with Gasteiger partial charge in [0.1, 0.15) is 11.6 Å². The average Bonchev–Trinajstić information content (AvgIpc) is 2.46. The minimum Gasteiger partial charge on any atom is -0.497 e. The highest BCUT2D eigenvalue weighted by Crippen LogP contribution is 2.27. The predicted molar refractivity (Wildman–Crippen MR) is 77.4 cm³/mol. The van der Waals surface area contributed by atoms with Gasteiger partial charge in [0.2, 0.25) is 0 Å². The molecule has 0 aliphatic rings. The van der Waals surface area contributed by atoms with Gasteiger partial charge >= 0.3 is 0 Å². The summed E-state index contributed by atoms with van der Waals surface area (Å²) in [5, 5.41) is 3.29. The Morgan fingerprint density at radius 1 is 1.35 bits per heavy atom. The van der Waals surface area contributed by atoms with Gasteiger partial charge in [-0.1, -0.05) is 13.0 Å². The molecule has 0 bridgehead atoms. The molecule has 0 aliphatic carbocycles. The summed E-state index contributed by atoms with van der Waals surface area (Å²) < 4.78 is 19.2. The zero-order valence-corrected chi connectivity index (χ0v) is 12.0. The molecule has 0 amide bonds. The van der Waals surface area contributed by atoms with Crippen molar-refractivity contribution in [3.63, 3.8) is 0 Å². The smallest absolute Gasteiger partial charge is 0.146 e. The van der Waals surface area contributed by atoms with E-state index in [0.29, 0.717) is 5.69 Å². The highest BCUT2D eigenvalue weighted by Gasteiger charge is 2.20. The summed E-state index contributed by atoms with van der Waals surface area (Å²) in [6.45, 7) is 4.71. The van der Waals surface area contributed by atoms with E-state index in [0.717, 1.165) is 23.4 Å². The van der Waals surface area contributed by atoms with Crippen LogP contribution in [-0.4, -0.2) is 18.6 Å². The molecular weight excluding hydrogens is 255 g/mol. The van der Waals surface area contributed by atoms with E-state index in [1.54, 1.807) is 19.4 Å². The van der Waals surface area contributed by atoms with Gasteiger partial charge in [-0.3, -0.25) is 4.98 Å². The van der Waals surface area contributed by atoms with E-state index in [4.69, 9.17) is 4.74 Å². The summed E-state index contributed by atoms with van der Waals surface area (Å²) in [5.41, 5.74) is 2.47. The fourth-order valence-corrected chi connectivity index (χ4v) is 2.27. The number of aryl methyl sites for hydroxylation is 1. The third kappa shape index (κ3) is 2.96. The van der Waals surface area contributed by atoms with Crippen LogP contribution in [0.25, 0.3) is 0 Å². The van der Waals surface area contributed by atoms with E-state index in [1.807, 2.05) is 32.0 Å². The Bertz CT molecular complexity index is 586.